The monoisotopic (exact) mass is 413 g/mol. The molecule has 30 heavy (non-hydrogen) atoms. The molecule has 3 N–H and O–H groups in total. The van der Waals surface area contributed by atoms with Gasteiger partial charge >= 0.3 is 0 Å². The van der Waals surface area contributed by atoms with Crippen LogP contribution in [0.25, 0.3) is 0 Å². The summed E-state index contributed by atoms with van der Waals surface area (Å²) in [6.45, 7) is 5.45. The van der Waals surface area contributed by atoms with Gasteiger partial charge in [-0.3, -0.25) is 4.79 Å². The molecule has 1 saturated heterocycles. The van der Waals surface area contributed by atoms with E-state index in [2.05, 4.69) is 19.2 Å². The van der Waals surface area contributed by atoms with E-state index in [0.717, 1.165) is 50.1 Å². The Hall–Kier alpha value is -1.59. The van der Waals surface area contributed by atoms with E-state index >= 15 is 0 Å². The number of benzene rings is 1. The Balaban J connectivity index is 1.33. The number of ether oxygens (including phenoxy) is 1. The minimum atomic E-state index is -0.375. The first kappa shape index (κ1) is 21.6. The molecule has 0 aromatic heterocycles. The number of nitrogens with two attached hydrogens (primary N) is 1. The second kappa shape index (κ2) is 9.27. The summed E-state index contributed by atoms with van der Waals surface area (Å²) in [6, 6.07) is 8.82. The Kier molecular flexibility index (Phi) is 6.69. The summed E-state index contributed by atoms with van der Waals surface area (Å²) in [6.07, 6.45) is 11.0. The van der Waals surface area contributed by atoms with Gasteiger partial charge < -0.3 is 20.7 Å². The highest BCUT2D eigenvalue weighted by Gasteiger charge is 2.41. The van der Waals surface area contributed by atoms with E-state index in [-0.39, 0.29) is 29.5 Å². The topological polar surface area (TPSA) is 67.6 Å². The summed E-state index contributed by atoms with van der Waals surface area (Å²) < 4.78 is 6.18. The van der Waals surface area contributed by atoms with Crippen LogP contribution in [0.15, 0.2) is 24.3 Å². The average Bonchev–Trinajstić information content (AvgIpc) is 3.14. The van der Waals surface area contributed by atoms with Crippen molar-refractivity contribution in [2.75, 3.05) is 11.4 Å². The fourth-order valence-corrected chi connectivity index (χ4v) is 5.79. The fraction of sp³-hybridized carbons (Fsp3) is 0.720. The maximum atomic E-state index is 13.3. The number of nitrogens with zero attached hydrogens (tertiary/aromatic N) is 1. The number of fused-ring (bicyclic) bond motifs is 1. The number of para-hydroxylation sites is 2. The molecule has 5 heteroatoms. The van der Waals surface area contributed by atoms with Crippen molar-refractivity contribution >= 4 is 11.6 Å². The van der Waals surface area contributed by atoms with E-state index < -0.39 is 0 Å². The number of rotatable bonds is 7. The second-order valence-corrected chi connectivity index (χ2v) is 10.1. The smallest absolute Gasteiger partial charge is 0.268 e. The first-order chi connectivity index (χ1) is 14.5. The van der Waals surface area contributed by atoms with Gasteiger partial charge in [-0.2, -0.15) is 0 Å². The number of carbonyl (C=O) groups is 1. The molecule has 5 nitrogen and oxygen atoms in total. The van der Waals surface area contributed by atoms with Gasteiger partial charge in [-0.15, -0.1) is 0 Å². The van der Waals surface area contributed by atoms with E-state index in [0.29, 0.717) is 6.04 Å². The Labute approximate surface area is 181 Å². The van der Waals surface area contributed by atoms with Crippen LogP contribution in [-0.4, -0.2) is 36.2 Å². The number of hydrogen-bond donors (Lipinski definition) is 2. The average molecular weight is 414 g/mol. The molecule has 1 amide bonds. The minimum Gasteiger partial charge on any atom is -0.478 e. The predicted octanol–water partition coefficient (Wildman–Crippen LogP) is 4.39. The molecule has 1 aromatic carbocycles. The Morgan fingerprint density at radius 2 is 2.03 bits per heavy atom. The Bertz CT molecular complexity index is 739. The van der Waals surface area contributed by atoms with Crippen molar-refractivity contribution in [1.29, 1.82) is 0 Å². The zero-order valence-electron chi connectivity index (χ0n) is 18.7. The van der Waals surface area contributed by atoms with Gasteiger partial charge in [0.05, 0.1) is 5.69 Å². The van der Waals surface area contributed by atoms with Crippen molar-refractivity contribution in [2.24, 2.45) is 11.7 Å². The first-order valence-corrected chi connectivity index (χ1v) is 12.1. The van der Waals surface area contributed by atoms with E-state index in [1.54, 1.807) is 0 Å². The van der Waals surface area contributed by atoms with Crippen molar-refractivity contribution in [1.82, 2.24) is 5.32 Å². The lowest BCUT2D eigenvalue weighted by atomic mass is 9.84. The number of amides is 1. The summed E-state index contributed by atoms with van der Waals surface area (Å²) in [5, 5.41) is 3.80. The molecule has 4 rings (SSSR count). The maximum absolute atomic E-state index is 13.3. The molecule has 3 unspecified atom stereocenters. The molecule has 2 heterocycles. The van der Waals surface area contributed by atoms with Gasteiger partial charge in [-0.05, 0) is 70.9 Å². The second-order valence-electron chi connectivity index (χ2n) is 10.1. The maximum Gasteiger partial charge on any atom is 0.268 e. The third-order valence-corrected chi connectivity index (χ3v) is 7.43. The van der Waals surface area contributed by atoms with Gasteiger partial charge in [0.25, 0.3) is 5.91 Å². The van der Waals surface area contributed by atoms with Crippen molar-refractivity contribution in [3.05, 3.63) is 24.3 Å². The first-order valence-electron chi connectivity index (χ1n) is 12.1. The largest absolute Gasteiger partial charge is 0.478 e. The third kappa shape index (κ3) is 4.83. The van der Waals surface area contributed by atoms with Gasteiger partial charge in [0.2, 0.25) is 0 Å². The highest BCUT2D eigenvalue weighted by molar-refractivity contribution is 6.00. The summed E-state index contributed by atoms with van der Waals surface area (Å²) in [5.41, 5.74) is 7.32. The van der Waals surface area contributed by atoms with Gasteiger partial charge in [-0.1, -0.05) is 31.4 Å². The number of piperidine rings is 1. The van der Waals surface area contributed by atoms with Crippen molar-refractivity contribution in [3.63, 3.8) is 0 Å². The van der Waals surface area contributed by atoms with Crippen LogP contribution in [0.1, 0.15) is 78.1 Å². The van der Waals surface area contributed by atoms with Crippen molar-refractivity contribution < 1.29 is 9.53 Å². The van der Waals surface area contributed by atoms with E-state index in [1.807, 2.05) is 29.2 Å². The minimum absolute atomic E-state index is 0.127. The van der Waals surface area contributed by atoms with Crippen LogP contribution in [0, 0.1) is 5.92 Å². The molecule has 1 aromatic rings. The van der Waals surface area contributed by atoms with Gasteiger partial charge in [0.15, 0.2) is 6.10 Å². The van der Waals surface area contributed by atoms with E-state index in [4.69, 9.17) is 10.5 Å². The Morgan fingerprint density at radius 3 is 2.80 bits per heavy atom. The van der Waals surface area contributed by atoms with Gasteiger partial charge in [0.1, 0.15) is 5.75 Å². The van der Waals surface area contributed by atoms with E-state index in [9.17, 15) is 4.79 Å². The Morgan fingerprint density at radius 1 is 1.20 bits per heavy atom. The molecule has 166 valence electrons. The zero-order chi connectivity index (χ0) is 21.1. The molecule has 0 spiro atoms. The normalized spacial score (nSPS) is 34.0. The molecule has 5 atom stereocenters. The molecule has 2 fully saturated rings. The van der Waals surface area contributed by atoms with Crippen LogP contribution in [-0.2, 0) is 4.79 Å². The summed E-state index contributed by atoms with van der Waals surface area (Å²) in [5.74, 6) is 1.21. The summed E-state index contributed by atoms with van der Waals surface area (Å²) in [4.78, 5) is 15.3. The quantitative estimate of drug-likeness (QED) is 0.651. The third-order valence-electron chi connectivity index (χ3n) is 7.43. The number of carbonyl (C=O) groups excluding carboxylic acids is 1. The van der Waals surface area contributed by atoms with Crippen LogP contribution >= 0.6 is 0 Å². The molecule has 1 aliphatic carbocycles. The number of anilines is 1. The molecule has 2 aliphatic heterocycles. The summed E-state index contributed by atoms with van der Waals surface area (Å²) in [7, 11) is 0. The summed E-state index contributed by atoms with van der Waals surface area (Å²) >= 11 is 0. The number of hydrogen-bond acceptors (Lipinski definition) is 4. The molecule has 1 saturated carbocycles. The highest BCUT2D eigenvalue weighted by Crippen LogP contribution is 2.39. The lowest BCUT2D eigenvalue weighted by Crippen LogP contribution is -2.50. The van der Waals surface area contributed by atoms with Gasteiger partial charge in [0, 0.05) is 30.1 Å². The van der Waals surface area contributed by atoms with Crippen molar-refractivity contribution in [2.45, 2.75) is 102 Å². The zero-order valence-corrected chi connectivity index (χ0v) is 18.7. The predicted molar refractivity (Wildman–Crippen MR) is 122 cm³/mol. The van der Waals surface area contributed by atoms with Gasteiger partial charge in [-0.25, -0.2) is 0 Å². The number of nitrogens with one attached hydrogen (secondary N) is 1. The van der Waals surface area contributed by atoms with Crippen LogP contribution in [0.4, 0.5) is 5.69 Å². The highest BCUT2D eigenvalue weighted by atomic mass is 16.5. The standard InChI is InChI=1S/C25H39N3O2/c1-18-9-8-15-25(2,27-18)14-6-3-7-16-28-21-10-4-5-11-22(21)30-23(24(28)29)19-12-13-20(26)17-19/h4-5,10-11,18-20,23,27H,3,6-9,12-17,26H2,1-2H3/t18-,19?,20?,23?,25+/m0/s1. The van der Waals surface area contributed by atoms with Crippen LogP contribution in [0.2, 0.25) is 0 Å². The molecular formula is C25H39N3O2. The lowest BCUT2D eigenvalue weighted by Gasteiger charge is -2.39. The SMILES string of the molecule is C[C@H]1CCC[C@@](C)(CCCCCN2C(=O)C(C3CCC(N)C3)Oc3ccccc32)N1. The fourth-order valence-electron chi connectivity index (χ4n) is 5.79. The van der Waals surface area contributed by atoms with Crippen LogP contribution in [0.3, 0.4) is 0 Å². The lowest BCUT2D eigenvalue weighted by molar-refractivity contribution is -0.128. The number of unbranched alkanes of at least 4 members (excludes halogenated alkanes) is 2. The molecular weight excluding hydrogens is 374 g/mol. The van der Waals surface area contributed by atoms with E-state index in [1.165, 1.54) is 32.1 Å². The molecule has 0 radical (unpaired) electrons. The molecule has 0 bridgehead atoms. The van der Waals surface area contributed by atoms with Crippen LogP contribution < -0.4 is 20.7 Å². The molecule has 3 aliphatic rings. The van der Waals surface area contributed by atoms with Crippen LogP contribution in [0.5, 0.6) is 5.75 Å². The van der Waals surface area contributed by atoms with Crippen molar-refractivity contribution in [3.8, 4) is 5.75 Å².